The standard InChI is InChI=1S/C13H10BrFN2O/c1-17(12-4-2-3-11(15)6-12)13(18)9-5-10(14)8-16-7-9/h2-8H,1H3. The Balaban J connectivity index is 2.29. The van der Waals surface area contributed by atoms with Gasteiger partial charge in [-0.15, -0.1) is 0 Å². The molecule has 0 atom stereocenters. The topological polar surface area (TPSA) is 33.2 Å². The van der Waals surface area contributed by atoms with Gasteiger partial charge in [0, 0.05) is 29.6 Å². The van der Waals surface area contributed by atoms with E-state index in [1.807, 2.05) is 0 Å². The molecule has 1 heterocycles. The Bertz CT molecular complexity index is 589. The fourth-order valence-corrected chi connectivity index (χ4v) is 1.89. The van der Waals surface area contributed by atoms with Gasteiger partial charge in [-0.2, -0.15) is 0 Å². The van der Waals surface area contributed by atoms with Crippen molar-refractivity contribution < 1.29 is 9.18 Å². The van der Waals surface area contributed by atoms with Gasteiger partial charge in [0.2, 0.25) is 0 Å². The van der Waals surface area contributed by atoms with Crippen LogP contribution in [0.25, 0.3) is 0 Å². The zero-order valence-corrected chi connectivity index (χ0v) is 11.2. The molecular weight excluding hydrogens is 299 g/mol. The maximum absolute atomic E-state index is 13.1. The smallest absolute Gasteiger partial charge is 0.259 e. The summed E-state index contributed by atoms with van der Waals surface area (Å²) in [6, 6.07) is 7.55. The number of pyridine rings is 1. The Labute approximate surface area is 112 Å². The van der Waals surface area contributed by atoms with Crippen molar-refractivity contribution >= 4 is 27.5 Å². The van der Waals surface area contributed by atoms with Gasteiger partial charge in [0.15, 0.2) is 0 Å². The quantitative estimate of drug-likeness (QED) is 0.853. The van der Waals surface area contributed by atoms with E-state index in [0.29, 0.717) is 11.3 Å². The number of benzene rings is 1. The summed E-state index contributed by atoms with van der Waals surface area (Å²) in [5.41, 5.74) is 0.941. The number of halogens is 2. The molecule has 0 saturated carbocycles. The van der Waals surface area contributed by atoms with Gasteiger partial charge in [0.25, 0.3) is 5.91 Å². The average molecular weight is 309 g/mol. The summed E-state index contributed by atoms with van der Waals surface area (Å²) < 4.78 is 13.8. The number of carbonyl (C=O) groups excluding carboxylic acids is 1. The van der Waals surface area contributed by atoms with Crippen molar-refractivity contribution in [3.8, 4) is 0 Å². The van der Waals surface area contributed by atoms with Crippen molar-refractivity contribution in [1.82, 2.24) is 4.98 Å². The van der Waals surface area contributed by atoms with Crippen molar-refractivity contribution in [2.45, 2.75) is 0 Å². The number of rotatable bonds is 2. The van der Waals surface area contributed by atoms with Crippen LogP contribution in [0.15, 0.2) is 47.2 Å². The van der Waals surface area contributed by atoms with Gasteiger partial charge in [-0.05, 0) is 40.2 Å². The van der Waals surface area contributed by atoms with Crippen LogP contribution in [0.5, 0.6) is 0 Å². The van der Waals surface area contributed by atoms with Crippen LogP contribution in [0.4, 0.5) is 10.1 Å². The number of anilines is 1. The lowest BCUT2D eigenvalue weighted by molar-refractivity contribution is 0.0992. The summed E-state index contributed by atoms with van der Waals surface area (Å²) in [5, 5.41) is 0. The molecule has 1 aromatic carbocycles. The second kappa shape index (κ2) is 5.27. The third-order valence-electron chi connectivity index (χ3n) is 2.45. The molecule has 0 unspecified atom stereocenters. The zero-order chi connectivity index (χ0) is 13.1. The Morgan fingerprint density at radius 2 is 2.11 bits per heavy atom. The Hall–Kier alpha value is -1.75. The van der Waals surface area contributed by atoms with Crippen LogP contribution in [-0.2, 0) is 0 Å². The third kappa shape index (κ3) is 2.73. The lowest BCUT2D eigenvalue weighted by Gasteiger charge is -2.17. The zero-order valence-electron chi connectivity index (χ0n) is 9.60. The van der Waals surface area contributed by atoms with Crippen LogP contribution in [0.2, 0.25) is 0 Å². The van der Waals surface area contributed by atoms with E-state index in [4.69, 9.17) is 0 Å². The second-order valence-electron chi connectivity index (χ2n) is 3.74. The normalized spacial score (nSPS) is 10.2. The van der Waals surface area contributed by atoms with Gasteiger partial charge in [-0.3, -0.25) is 9.78 Å². The molecule has 0 N–H and O–H groups in total. The van der Waals surface area contributed by atoms with Gasteiger partial charge < -0.3 is 4.90 Å². The first-order valence-electron chi connectivity index (χ1n) is 5.22. The van der Waals surface area contributed by atoms with Gasteiger partial charge in [0.05, 0.1) is 5.56 Å². The Morgan fingerprint density at radius 1 is 1.33 bits per heavy atom. The first-order chi connectivity index (χ1) is 8.58. The van der Waals surface area contributed by atoms with Crippen molar-refractivity contribution in [3.63, 3.8) is 0 Å². The minimum Gasteiger partial charge on any atom is -0.311 e. The van der Waals surface area contributed by atoms with E-state index in [-0.39, 0.29) is 11.7 Å². The molecule has 0 aliphatic rings. The number of carbonyl (C=O) groups is 1. The van der Waals surface area contributed by atoms with Gasteiger partial charge in [0.1, 0.15) is 5.82 Å². The SMILES string of the molecule is CN(C(=O)c1cncc(Br)c1)c1cccc(F)c1. The lowest BCUT2D eigenvalue weighted by Crippen LogP contribution is -2.26. The molecule has 3 nitrogen and oxygen atoms in total. The van der Waals surface area contributed by atoms with Gasteiger partial charge in [-0.25, -0.2) is 4.39 Å². The highest BCUT2D eigenvalue weighted by Gasteiger charge is 2.14. The number of aromatic nitrogens is 1. The van der Waals surface area contributed by atoms with Crippen LogP contribution in [0, 0.1) is 5.82 Å². The van der Waals surface area contributed by atoms with Gasteiger partial charge in [-0.1, -0.05) is 6.07 Å². The molecule has 2 rings (SSSR count). The average Bonchev–Trinajstić information content (AvgIpc) is 2.37. The van der Waals surface area contributed by atoms with Crippen LogP contribution >= 0.6 is 15.9 Å². The monoisotopic (exact) mass is 308 g/mol. The van der Waals surface area contributed by atoms with Crippen LogP contribution in [0.3, 0.4) is 0 Å². The largest absolute Gasteiger partial charge is 0.311 e. The van der Waals surface area contributed by atoms with Crippen molar-refractivity contribution in [3.05, 3.63) is 58.6 Å². The summed E-state index contributed by atoms with van der Waals surface area (Å²) >= 11 is 3.25. The van der Waals surface area contributed by atoms with Crippen molar-refractivity contribution in [1.29, 1.82) is 0 Å². The number of amides is 1. The summed E-state index contributed by atoms with van der Waals surface area (Å²) in [5.74, 6) is -0.617. The highest BCUT2D eigenvalue weighted by molar-refractivity contribution is 9.10. The minimum atomic E-state index is -0.375. The first kappa shape index (κ1) is 12.7. The number of nitrogens with zero attached hydrogens (tertiary/aromatic N) is 2. The molecule has 0 spiro atoms. The minimum absolute atomic E-state index is 0.241. The molecule has 1 aromatic heterocycles. The van der Waals surface area contributed by atoms with E-state index < -0.39 is 0 Å². The molecule has 0 aliphatic carbocycles. The predicted octanol–water partition coefficient (Wildman–Crippen LogP) is 3.26. The van der Waals surface area contributed by atoms with E-state index in [1.54, 1.807) is 31.4 Å². The van der Waals surface area contributed by atoms with Crippen molar-refractivity contribution in [2.24, 2.45) is 0 Å². The molecule has 0 saturated heterocycles. The molecule has 0 aliphatic heterocycles. The summed E-state index contributed by atoms with van der Waals surface area (Å²) in [7, 11) is 1.60. The fraction of sp³-hybridized carbons (Fsp3) is 0.0769. The van der Waals surface area contributed by atoms with E-state index in [9.17, 15) is 9.18 Å². The summed E-state index contributed by atoms with van der Waals surface area (Å²) in [6.45, 7) is 0. The van der Waals surface area contributed by atoms with E-state index in [2.05, 4.69) is 20.9 Å². The molecule has 0 fully saturated rings. The summed E-state index contributed by atoms with van der Waals surface area (Å²) in [4.78, 5) is 17.5. The maximum Gasteiger partial charge on any atom is 0.259 e. The van der Waals surface area contributed by atoms with Crippen LogP contribution < -0.4 is 4.90 Å². The maximum atomic E-state index is 13.1. The molecule has 2 aromatic rings. The van der Waals surface area contributed by atoms with E-state index in [0.717, 1.165) is 4.47 Å². The summed E-state index contributed by atoms with van der Waals surface area (Å²) in [6.07, 6.45) is 3.07. The van der Waals surface area contributed by atoms with Crippen LogP contribution in [-0.4, -0.2) is 17.9 Å². The second-order valence-corrected chi connectivity index (χ2v) is 4.65. The Morgan fingerprint density at radius 3 is 2.78 bits per heavy atom. The Kier molecular flexibility index (Phi) is 3.72. The molecular formula is C13H10BrFN2O. The first-order valence-corrected chi connectivity index (χ1v) is 6.01. The number of hydrogen-bond acceptors (Lipinski definition) is 2. The lowest BCUT2D eigenvalue weighted by atomic mass is 10.2. The fourth-order valence-electron chi connectivity index (χ4n) is 1.52. The molecule has 5 heteroatoms. The molecule has 92 valence electrons. The van der Waals surface area contributed by atoms with Crippen molar-refractivity contribution in [2.75, 3.05) is 11.9 Å². The third-order valence-corrected chi connectivity index (χ3v) is 2.89. The van der Waals surface area contributed by atoms with Crippen LogP contribution in [0.1, 0.15) is 10.4 Å². The highest BCUT2D eigenvalue weighted by atomic mass is 79.9. The van der Waals surface area contributed by atoms with E-state index in [1.165, 1.54) is 23.2 Å². The van der Waals surface area contributed by atoms with Gasteiger partial charge >= 0.3 is 0 Å². The molecule has 1 amide bonds. The molecule has 18 heavy (non-hydrogen) atoms. The molecule has 0 radical (unpaired) electrons. The number of hydrogen-bond donors (Lipinski definition) is 0. The highest BCUT2D eigenvalue weighted by Crippen LogP contribution is 2.18. The van der Waals surface area contributed by atoms with E-state index >= 15 is 0 Å². The predicted molar refractivity (Wildman–Crippen MR) is 71.1 cm³/mol. The molecule has 0 bridgehead atoms.